The Bertz CT molecular complexity index is 412. The number of hydrogen-bond acceptors (Lipinski definition) is 4. The number of rotatable bonds is 6. The summed E-state index contributed by atoms with van der Waals surface area (Å²) in [6.45, 7) is 3.70. The minimum atomic E-state index is -2.57. The normalized spacial score (nSPS) is 10.5. The number of amides is 1. The maximum atomic E-state index is 12.0. The van der Waals surface area contributed by atoms with Crippen molar-refractivity contribution in [3.05, 3.63) is 17.5 Å². The van der Waals surface area contributed by atoms with Gasteiger partial charge in [0, 0.05) is 12.2 Å². The molecule has 18 heavy (non-hydrogen) atoms. The fraction of sp³-hybridized carbons (Fsp3) is 0.545. The van der Waals surface area contributed by atoms with Crippen molar-refractivity contribution in [2.24, 2.45) is 0 Å². The number of nitrogens with zero attached hydrogens (tertiary/aromatic N) is 2. The zero-order valence-corrected chi connectivity index (χ0v) is 10.3. The molecule has 1 aromatic heterocycles. The summed E-state index contributed by atoms with van der Waals surface area (Å²) in [6.07, 6.45) is -1.68. The highest BCUT2D eigenvalue weighted by atomic mass is 19.3. The van der Waals surface area contributed by atoms with E-state index in [1.165, 1.54) is 6.07 Å². The van der Waals surface area contributed by atoms with Crippen LogP contribution in [0, 0.1) is 6.92 Å². The number of alkyl halides is 2. The number of carbonyl (C=O) groups excluding carboxylic acids is 1. The molecule has 0 aliphatic heterocycles. The monoisotopic (exact) mass is 258 g/mol. The number of halogens is 2. The molecule has 0 saturated carbocycles. The van der Waals surface area contributed by atoms with Gasteiger partial charge in [-0.25, -0.2) is 18.7 Å². The first kappa shape index (κ1) is 14.3. The van der Waals surface area contributed by atoms with Crippen LogP contribution in [0.3, 0.4) is 0 Å². The molecular formula is C11H16F2N4O. The minimum Gasteiger partial charge on any atom is -0.354 e. The summed E-state index contributed by atoms with van der Waals surface area (Å²) in [4.78, 5) is 19.6. The van der Waals surface area contributed by atoms with Crippen LogP contribution in [0.25, 0.3) is 0 Å². The lowest BCUT2D eigenvalue weighted by molar-refractivity contribution is 0.0887. The number of anilines is 1. The topological polar surface area (TPSA) is 66.9 Å². The third kappa shape index (κ3) is 4.60. The SMILES string of the molecule is CCCNc1nc(C)cc(C(=O)NCC(F)F)n1. The van der Waals surface area contributed by atoms with Crippen molar-refractivity contribution in [2.75, 3.05) is 18.4 Å². The summed E-state index contributed by atoms with van der Waals surface area (Å²) in [5.41, 5.74) is 0.688. The van der Waals surface area contributed by atoms with Gasteiger partial charge in [0.15, 0.2) is 0 Å². The molecule has 0 aromatic carbocycles. The Morgan fingerprint density at radius 2 is 2.17 bits per heavy atom. The summed E-state index contributed by atoms with van der Waals surface area (Å²) < 4.78 is 24.0. The lowest BCUT2D eigenvalue weighted by atomic mass is 10.3. The van der Waals surface area contributed by atoms with E-state index < -0.39 is 18.9 Å². The van der Waals surface area contributed by atoms with E-state index in [2.05, 4.69) is 20.6 Å². The van der Waals surface area contributed by atoms with Crippen molar-refractivity contribution in [1.82, 2.24) is 15.3 Å². The number of aryl methyl sites for hydroxylation is 1. The van der Waals surface area contributed by atoms with Crippen molar-refractivity contribution >= 4 is 11.9 Å². The summed E-state index contributed by atoms with van der Waals surface area (Å²) in [5, 5.41) is 5.05. The molecule has 0 aliphatic carbocycles. The van der Waals surface area contributed by atoms with Crippen LogP contribution in [0.15, 0.2) is 6.07 Å². The van der Waals surface area contributed by atoms with E-state index >= 15 is 0 Å². The quantitative estimate of drug-likeness (QED) is 0.813. The van der Waals surface area contributed by atoms with Crippen LogP contribution < -0.4 is 10.6 Å². The molecule has 0 atom stereocenters. The Hall–Kier alpha value is -1.79. The van der Waals surface area contributed by atoms with Crippen LogP contribution in [0.5, 0.6) is 0 Å². The number of hydrogen-bond donors (Lipinski definition) is 2. The first-order valence-electron chi connectivity index (χ1n) is 5.68. The Morgan fingerprint density at radius 1 is 1.44 bits per heavy atom. The fourth-order valence-electron chi connectivity index (χ4n) is 1.26. The van der Waals surface area contributed by atoms with Gasteiger partial charge >= 0.3 is 0 Å². The van der Waals surface area contributed by atoms with Crippen molar-refractivity contribution in [3.63, 3.8) is 0 Å². The lowest BCUT2D eigenvalue weighted by Gasteiger charge is -2.07. The van der Waals surface area contributed by atoms with Crippen LogP contribution in [0.1, 0.15) is 29.5 Å². The van der Waals surface area contributed by atoms with Gasteiger partial charge in [-0.05, 0) is 19.4 Å². The van der Waals surface area contributed by atoms with E-state index in [1.54, 1.807) is 6.92 Å². The van der Waals surface area contributed by atoms with E-state index in [4.69, 9.17) is 0 Å². The molecular weight excluding hydrogens is 242 g/mol. The van der Waals surface area contributed by atoms with Crippen LogP contribution >= 0.6 is 0 Å². The molecule has 1 rings (SSSR count). The Labute approximate surface area is 104 Å². The minimum absolute atomic E-state index is 0.0850. The number of aromatic nitrogens is 2. The van der Waals surface area contributed by atoms with Crippen LogP contribution in [0.4, 0.5) is 14.7 Å². The maximum Gasteiger partial charge on any atom is 0.270 e. The van der Waals surface area contributed by atoms with Crippen molar-refractivity contribution in [3.8, 4) is 0 Å². The Kier molecular flexibility index (Phi) is 5.41. The third-order valence-electron chi connectivity index (χ3n) is 2.04. The summed E-state index contributed by atoms with van der Waals surface area (Å²) in [7, 11) is 0. The largest absolute Gasteiger partial charge is 0.354 e. The van der Waals surface area contributed by atoms with Gasteiger partial charge in [-0.15, -0.1) is 0 Å². The first-order valence-corrected chi connectivity index (χ1v) is 5.68. The van der Waals surface area contributed by atoms with Gasteiger partial charge in [-0.2, -0.15) is 0 Å². The molecule has 1 heterocycles. The van der Waals surface area contributed by atoms with Gasteiger partial charge in [-0.1, -0.05) is 6.92 Å². The van der Waals surface area contributed by atoms with Crippen molar-refractivity contribution in [1.29, 1.82) is 0 Å². The van der Waals surface area contributed by atoms with Gasteiger partial charge in [0.1, 0.15) is 5.69 Å². The van der Waals surface area contributed by atoms with Crippen molar-refractivity contribution < 1.29 is 13.6 Å². The Morgan fingerprint density at radius 3 is 2.78 bits per heavy atom. The van der Waals surface area contributed by atoms with Crippen molar-refractivity contribution in [2.45, 2.75) is 26.7 Å². The first-order chi connectivity index (χ1) is 8.52. The molecule has 0 fully saturated rings. The zero-order chi connectivity index (χ0) is 13.5. The third-order valence-corrected chi connectivity index (χ3v) is 2.04. The van der Waals surface area contributed by atoms with Crippen LogP contribution in [-0.4, -0.2) is 35.4 Å². The standard InChI is InChI=1S/C11H16F2N4O/c1-3-4-14-11-16-7(2)5-8(17-11)10(18)15-6-9(12)13/h5,9H,3-4,6H2,1-2H3,(H,15,18)(H,14,16,17). The number of carbonyl (C=O) groups is 1. The van der Waals surface area contributed by atoms with Gasteiger partial charge in [0.05, 0.1) is 6.54 Å². The highest BCUT2D eigenvalue weighted by Gasteiger charge is 2.12. The molecule has 0 radical (unpaired) electrons. The van der Waals surface area contributed by atoms with Gasteiger partial charge < -0.3 is 10.6 Å². The predicted molar refractivity (Wildman–Crippen MR) is 63.9 cm³/mol. The van der Waals surface area contributed by atoms with Gasteiger partial charge in [0.2, 0.25) is 5.95 Å². The second kappa shape index (κ2) is 6.83. The summed E-state index contributed by atoms with van der Waals surface area (Å²) in [5.74, 6) is -0.292. The molecule has 0 saturated heterocycles. The van der Waals surface area contributed by atoms with Gasteiger partial charge in [-0.3, -0.25) is 4.79 Å². The summed E-state index contributed by atoms with van der Waals surface area (Å²) in [6, 6.07) is 1.46. The highest BCUT2D eigenvalue weighted by molar-refractivity contribution is 5.92. The molecule has 0 spiro atoms. The molecule has 1 amide bonds. The van der Waals surface area contributed by atoms with Crippen LogP contribution in [0.2, 0.25) is 0 Å². The van der Waals surface area contributed by atoms with Gasteiger partial charge in [0.25, 0.3) is 12.3 Å². The van der Waals surface area contributed by atoms with E-state index in [0.29, 0.717) is 18.2 Å². The zero-order valence-electron chi connectivity index (χ0n) is 10.3. The molecule has 0 aliphatic rings. The van der Waals surface area contributed by atoms with E-state index in [-0.39, 0.29) is 5.69 Å². The molecule has 5 nitrogen and oxygen atoms in total. The average molecular weight is 258 g/mol. The van der Waals surface area contributed by atoms with E-state index in [0.717, 1.165) is 6.42 Å². The van der Waals surface area contributed by atoms with Crippen LogP contribution in [-0.2, 0) is 0 Å². The maximum absolute atomic E-state index is 12.0. The molecule has 0 unspecified atom stereocenters. The smallest absolute Gasteiger partial charge is 0.270 e. The Balaban J connectivity index is 2.75. The highest BCUT2D eigenvalue weighted by Crippen LogP contribution is 2.05. The van der Waals surface area contributed by atoms with E-state index in [9.17, 15) is 13.6 Å². The molecule has 2 N–H and O–H groups in total. The summed E-state index contributed by atoms with van der Waals surface area (Å²) >= 11 is 0. The lowest BCUT2D eigenvalue weighted by Crippen LogP contribution is -2.29. The molecule has 7 heteroatoms. The predicted octanol–water partition coefficient (Wildman–Crippen LogP) is 1.60. The second-order valence-corrected chi connectivity index (χ2v) is 3.75. The molecule has 1 aromatic rings. The molecule has 0 bridgehead atoms. The number of nitrogens with one attached hydrogen (secondary N) is 2. The van der Waals surface area contributed by atoms with E-state index in [1.807, 2.05) is 6.92 Å². The molecule has 100 valence electrons. The average Bonchev–Trinajstić information content (AvgIpc) is 2.32. The second-order valence-electron chi connectivity index (χ2n) is 3.75. The fourth-order valence-corrected chi connectivity index (χ4v) is 1.26.